The number of aliphatic imine (C=N–C) groups is 1. The van der Waals surface area contributed by atoms with Crippen molar-refractivity contribution in [2.75, 3.05) is 0 Å². The molecule has 0 aromatic heterocycles. The van der Waals surface area contributed by atoms with Crippen LogP contribution in [0.5, 0.6) is 0 Å². The Hall–Kier alpha value is -0.00610. The van der Waals surface area contributed by atoms with Gasteiger partial charge in [0.25, 0.3) is 0 Å². The Balaban J connectivity index is 0.000000980. The number of rotatable bonds is 0. The molecule has 0 saturated carbocycles. The van der Waals surface area contributed by atoms with Crippen LogP contribution >= 0.6 is 0 Å². The summed E-state index contributed by atoms with van der Waals surface area (Å²) in [6.07, 6.45) is 3.10. The van der Waals surface area contributed by atoms with Crippen molar-refractivity contribution in [3.8, 4) is 0 Å². The van der Waals surface area contributed by atoms with E-state index in [0.29, 0.717) is 0 Å². The van der Waals surface area contributed by atoms with Crippen molar-refractivity contribution in [3.05, 3.63) is 40.8 Å². The molecule has 0 atom stereocenters. The predicted molar refractivity (Wildman–Crippen MR) is 62.0 cm³/mol. The molecular formula is C13H17NY-2. The van der Waals surface area contributed by atoms with Gasteiger partial charge in [0.15, 0.2) is 0 Å². The number of benzene rings is 1. The normalized spacial score (nSPS) is 11.7. The second-order valence-corrected chi connectivity index (χ2v) is 3.78. The van der Waals surface area contributed by atoms with E-state index < -0.39 is 0 Å². The van der Waals surface area contributed by atoms with Crippen LogP contribution in [0, 0.1) is 35.1 Å². The molecule has 1 aromatic carbocycles. The fourth-order valence-corrected chi connectivity index (χ4v) is 1.94. The third-order valence-corrected chi connectivity index (χ3v) is 3.24. The molecular weight excluding hydrogens is 259 g/mol. The van der Waals surface area contributed by atoms with Gasteiger partial charge in [-0.15, -0.1) is 16.7 Å². The molecule has 15 heavy (non-hydrogen) atoms. The molecule has 2 heteroatoms. The van der Waals surface area contributed by atoms with E-state index >= 15 is 0 Å². The standard InChI is InChI=1S/C12H14N.CH3.Y/c1-7-8(2)10(4)12-6-13-5-11(12)9(7)3;;/h5H2,1-4H3;1H3;/q2*-1;. The molecule has 1 aliphatic heterocycles. The Bertz CT molecular complexity index is 406. The summed E-state index contributed by atoms with van der Waals surface area (Å²) in [6, 6.07) is 0. The number of hydrogen-bond donors (Lipinski definition) is 0. The molecule has 1 nitrogen and oxygen atoms in total. The maximum atomic E-state index is 4.21. The molecule has 2 rings (SSSR count). The number of hydrogen-bond acceptors (Lipinski definition) is 1. The predicted octanol–water partition coefficient (Wildman–Crippen LogP) is 3.18. The first-order chi connectivity index (χ1) is 6.13. The van der Waals surface area contributed by atoms with Crippen LogP contribution in [0.2, 0.25) is 0 Å². The van der Waals surface area contributed by atoms with Crippen molar-refractivity contribution in [1.82, 2.24) is 0 Å². The maximum absolute atomic E-state index is 4.21. The van der Waals surface area contributed by atoms with E-state index in [1.165, 1.54) is 33.4 Å². The minimum Gasteiger partial charge on any atom is -0.367 e. The van der Waals surface area contributed by atoms with Gasteiger partial charge in [0.2, 0.25) is 0 Å². The molecule has 1 radical (unpaired) electrons. The smallest absolute Gasteiger partial charge is 0.00562 e. The first kappa shape index (κ1) is 15.0. The van der Waals surface area contributed by atoms with Crippen molar-refractivity contribution >= 4 is 6.21 Å². The first-order valence-corrected chi connectivity index (χ1v) is 4.64. The van der Waals surface area contributed by atoms with E-state index in [4.69, 9.17) is 0 Å². The van der Waals surface area contributed by atoms with Gasteiger partial charge < -0.3 is 12.4 Å². The fraction of sp³-hybridized carbons (Fsp3) is 0.385. The van der Waals surface area contributed by atoms with Crippen LogP contribution in [0.25, 0.3) is 0 Å². The zero-order valence-corrected chi connectivity index (χ0v) is 13.1. The van der Waals surface area contributed by atoms with Crippen LogP contribution in [-0.2, 0) is 39.3 Å². The second kappa shape index (κ2) is 5.36. The maximum Gasteiger partial charge on any atom is 0.00562 e. The molecule has 1 aliphatic rings. The summed E-state index contributed by atoms with van der Waals surface area (Å²) >= 11 is 0. The Morgan fingerprint density at radius 3 is 2.07 bits per heavy atom. The quantitative estimate of drug-likeness (QED) is 0.645. The summed E-state index contributed by atoms with van der Waals surface area (Å²) in [5.74, 6) is 0. The monoisotopic (exact) mass is 276 g/mol. The van der Waals surface area contributed by atoms with Gasteiger partial charge in [-0.2, -0.15) is 5.56 Å². The summed E-state index contributed by atoms with van der Waals surface area (Å²) < 4.78 is 0. The molecule has 0 aliphatic carbocycles. The number of nitrogens with zero attached hydrogens (tertiary/aromatic N) is 1. The molecule has 0 amide bonds. The van der Waals surface area contributed by atoms with Crippen molar-refractivity contribution < 1.29 is 32.7 Å². The minimum atomic E-state index is 0. The van der Waals surface area contributed by atoms with E-state index in [1.807, 2.05) is 0 Å². The van der Waals surface area contributed by atoms with Gasteiger partial charge >= 0.3 is 0 Å². The SMILES string of the molecule is Cc1c(C)c(C)c2c(c1C)[C-]=NC2.[CH3-].[Y]. The second-order valence-electron chi connectivity index (χ2n) is 3.78. The summed E-state index contributed by atoms with van der Waals surface area (Å²) in [7, 11) is 0. The molecule has 0 bridgehead atoms. The molecule has 0 unspecified atom stereocenters. The number of fused-ring (bicyclic) bond motifs is 1. The van der Waals surface area contributed by atoms with Gasteiger partial charge in [-0.05, 0) is 6.92 Å². The molecule has 0 saturated heterocycles. The van der Waals surface area contributed by atoms with Gasteiger partial charge in [0.1, 0.15) is 0 Å². The Morgan fingerprint density at radius 1 is 0.933 bits per heavy atom. The molecule has 1 heterocycles. The summed E-state index contributed by atoms with van der Waals surface area (Å²) in [6.45, 7) is 9.54. The van der Waals surface area contributed by atoms with Crippen molar-refractivity contribution in [1.29, 1.82) is 0 Å². The van der Waals surface area contributed by atoms with Gasteiger partial charge in [0.05, 0.1) is 0 Å². The third-order valence-electron chi connectivity index (χ3n) is 3.24. The molecule has 0 fully saturated rings. The van der Waals surface area contributed by atoms with Gasteiger partial charge in [-0.3, -0.25) is 0 Å². The van der Waals surface area contributed by atoms with Crippen LogP contribution in [0.1, 0.15) is 33.4 Å². The molecule has 0 spiro atoms. The van der Waals surface area contributed by atoms with E-state index in [-0.39, 0.29) is 40.1 Å². The first-order valence-electron chi connectivity index (χ1n) is 4.64. The van der Waals surface area contributed by atoms with Crippen LogP contribution in [0.3, 0.4) is 0 Å². The van der Waals surface area contributed by atoms with E-state index in [1.54, 1.807) is 0 Å². The van der Waals surface area contributed by atoms with Crippen LogP contribution in [0.15, 0.2) is 4.99 Å². The van der Waals surface area contributed by atoms with Crippen LogP contribution in [-0.4, -0.2) is 6.21 Å². The molecule has 1 aromatic rings. The summed E-state index contributed by atoms with van der Waals surface area (Å²) in [4.78, 5) is 4.21. The van der Waals surface area contributed by atoms with Gasteiger partial charge in [-0.1, -0.05) is 38.1 Å². The third kappa shape index (κ3) is 2.24. The van der Waals surface area contributed by atoms with Crippen molar-refractivity contribution in [2.24, 2.45) is 4.99 Å². The summed E-state index contributed by atoms with van der Waals surface area (Å²) in [5, 5.41) is 0. The van der Waals surface area contributed by atoms with Crippen molar-refractivity contribution in [3.63, 3.8) is 0 Å². The van der Waals surface area contributed by atoms with Gasteiger partial charge in [-0.25, -0.2) is 0 Å². The van der Waals surface area contributed by atoms with Crippen LogP contribution in [0.4, 0.5) is 0 Å². The van der Waals surface area contributed by atoms with E-state index in [9.17, 15) is 0 Å². The zero-order valence-electron chi connectivity index (χ0n) is 10.2. The van der Waals surface area contributed by atoms with Crippen LogP contribution < -0.4 is 0 Å². The average Bonchev–Trinajstić information content (AvgIpc) is 2.59. The summed E-state index contributed by atoms with van der Waals surface area (Å²) in [5.41, 5.74) is 8.16. The zero-order chi connectivity index (χ0) is 9.59. The minimum absolute atomic E-state index is 0. The fourth-order valence-electron chi connectivity index (χ4n) is 1.94. The van der Waals surface area contributed by atoms with Gasteiger partial charge in [0, 0.05) is 39.3 Å². The largest absolute Gasteiger partial charge is 0.367 e. The Morgan fingerprint density at radius 2 is 1.47 bits per heavy atom. The van der Waals surface area contributed by atoms with E-state index in [2.05, 4.69) is 38.9 Å². The molecule has 0 N–H and O–H groups in total. The van der Waals surface area contributed by atoms with E-state index in [0.717, 1.165) is 6.54 Å². The topological polar surface area (TPSA) is 12.4 Å². The molecule has 79 valence electrons. The average molecular weight is 276 g/mol. The Labute approximate surface area is 118 Å². The Kier molecular flexibility index (Phi) is 5.36. The van der Waals surface area contributed by atoms with Crippen molar-refractivity contribution in [2.45, 2.75) is 34.2 Å².